The van der Waals surface area contributed by atoms with Crippen molar-refractivity contribution in [1.82, 2.24) is 15.5 Å². The molecule has 5 rings (SSSR count). The summed E-state index contributed by atoms with van der Waals surface area (Å²) in [6.45, 7) is 6.26. The van der Waals surface area contributed by atoms with Gasteiger partial charge in [-0.2, -0.15) is 0 Å². The van der Waals surface area contributed by atoms with Gasteiger partial charge in [0, 0.05) is 30.7 Å². The number of hydrogen-bond acceptors (Lipinski definition) is 6. The number of aryl methyl sites for hydroxylation is 1. The lowest BCUT2D eigenvalue weighted by molar-refractivity contribution is -0.138. The molecule has 8 nitrogen and oxygen atoms in total. The zero-order valence-corrected chi connectivity index (χ0v) is 28.1. The van der Waals surface area contributed by atoms with Gasteiger partial charge in [-0.05, 0) is 98.8 Å². The van der Waals surface area contributed by atoms with Gasteiger partial charge in [-0.25, -0.2) is 0 Å². The van der Waals surface area contributed by atoms with Gasteiger partial charge in [-0.15, -0.1) is 12.4 Å². The molecular formula is C34H40Cl3N3O5. The number of benzene rings is 3. The zero-order chi connectivity index (χ0) is 31.2. The van der Waals surface area contributed by atoms with E-state index in [9.17, 15) is 9.59 Å². The lowest BCUT2D eigenvalue weighted by atomic mass is 9.91. The van der Waals surface area contributed by atoms with Crippen molar-refractivity contribution in [2.45, 2.75) is 51.7 Å². The Morgan fingerprint density at radius 1 is 0.978 bits per heavy atom. The first-order chi connectivity index (χ1) is 21.2. The zero-order valence-electron chi connectivity index (χ0n) is 25.7. The number of halogens is 3. The number of carbonyl (C=O) groups excluding carboxylic acids is 2. The van der Waals surface area contributed by atoms with E-state index in [1.165, 1.54) is 0 Å². The van der Waals surface area contributed by atoms with Crippen molar-refractivity contribution in [3.05, 3.63) is 86.9 Å². The molecule has 3 aromatic rings. The molecule has 2 aliphatic rings. The molecule has 1 heterocycles. The Bertz CT molecular complexity index is 1460. The quantitative estimate of drug-likeness (QED) is 0.216. The molecule has 2 fully saturated rings. The van der Waals surface area contributed by atoms with E-state index >= 15 is 0 Å². The molecule has 1 aliphatic carbocycles. The van der Waals surface area contributed by atoms with Crippen LogP contribution in [0.1, 0.15) is 46.3 Å². The van der Waals surface area contributed by atoms with Crippen molar-refractivity contribution in [2.75, 3.05) is 33.4 Å². The van der Waals surface area contributed by atoms with E-state index in [1.807, 2.05) is 30.9 Å². The molecule has 0 bridgehead atoms. The third kappa shape index (κ3) is 8.76. The van der Waals surface area contributed by atoms with Crippen LogP contribution < -0.4 is 24.8 Å². The fourth-order valence-corrected chi connectivity index (χ4v) is 6.30. The SMILES string of the molecule is COc1cccc(CN(C(=O)C2CNCC[C@@H]2NC(=O)c2ccc(OCCOc3c(Cl)cc(C)cc3Cl)cc2)C2CC2)c1C.Cl. The molecule has 1 saturated carbocycles. The van der Waals surface area contributed by atoms with Gasteiger partial charge in [0.25, 0.3) is 5.91 Å². The second-order valence-electron chi connectivity index (χ2n) is 11.4. The van der Waals surface area contributed by atoms with Crippen LogP contribution in [-0.2, 0) is 11.3 Å². The molecule has 1 aliphatic heterocycles. The first kappa shape index (κ1) is 34.7. The van der Waals surface area contributed by atoms with Crippen molar-refractivity contribution in [2.24, 2.45) is 5.92 Å². The summed E-state index contributed by atoms with van der Waals surface area (Å²) < 4.78 is 17.0. The number of hydrogen-bond donors (Lipinski definition) is 2. The van der Waals surface area contributed by atoms with Crippen LogP contribution in [-0.4, -0.2) is 62.2 Å². The van der Waals surface area contributed by atoms with Gasteiger partial charge in [0.2, 0.25) is 5.91 Å². The molecule has 11 heteroatoms. The van der Waals surface area contributed by atoms with Crippen LogP contribution in [0.2, 0.25) is 10.0 Å². The Morgan fingerprint density at radius 3 is 2.33 bits per heavy atom. The smallest absolute Gasteiger partial charge is 0.251 e. The second-order valence-corrected chi connectivity index (χ2v) is 12.2. The summed E-state index contributed by atoms with van der Waals surface area (Å²) in [7, 11) is 1.66. The highest BCUT2D eigenvalue weighted by atomic mass is 35.5. The van der Waals surface area contributed by atoms with Gasteiger partial charge >= 0.3 is 0 Å². The maximum absolute atomic E-state index is 14.0. The summed E-state index contributed by atoms with van der Waals surface area (Å²) in [4.78, 5) is 29.2. The number of methoxy groups -OCH3 is 1. The van der Waals surface area contributed by atoms with E-state index in [0.29, 0.717) is 46.6 Å². The lowest BCUT2D eigenvalue weighted by Gasteiger charge is -2.36. The predicted molar refractivity (Wildman–Crippen MR) is 179 cm³/mol. The fourth-order valence-electron chi connectivity index (χ4n) is 5.59. The minimum Gasteiger partial charge on any atom is -0.496 e. The number of nitrogens with one attached hydrogen (secondary N) is 2. The molecule has 2 amide bonds. The Morgan fingerprint density at radius 2 is 1.67 bits per heavy atom. The van der Waals surface area contributed by atoms with E-state index in [-0.39, 0.29) is 55.4 Å². The first-order valence-electron chi connectivity index (χ1n) is 15.0. The predicted octanol–water partition coefficient (Wildman–Crippen LogP) is 6.40. The molecule has 242 valence electrons. The lowest BCUT2D eigenvalue weighted by Crippen LogP contribution is -2.55. The number of ether oxygens (including phenoxy) is 3. The van der Waals surface area contributed by atoms with Gasteiger partial charge in [0.05, 0.1) is 23.1 Å². The third-order valence-corrected chi connectivity index (χ3v) is 8.76. The highest BCUT2D eigenvalue weighted by Crippen LogP contribution is 2.34. The van der Waals surface area contributed by atoms with Crippen LogP contribution in [0, 0.1) is 19.8 Å². The van der Waals surface area contributed by atoms with Crippen LogP contribution in [0.5, 0.6) is 17.2 Å². The molecule has 0 spiro atoms. The molecule has 1 saturated heterocycles. The van der Waals surface area contributed by atoms with Crippen molar-refractivity contribution in [3.8, 4) is 17.2 Å². The normalized spacial score (nSPS) is 17.5. The van der Waals surface area contributed by atoms with E-state index in [1.54, 1.807) is 43.5 Å². The number of rotatable bonds is 12. The summed E-state index contributed by atoms with van der Waals surface area (Å²) in [6, 6.07) is 16.4. The van der Waals surface area contributed by atoms with Crippen LogP contribution >= 0.6 is 35.6 Å². The second kappa shape index (κ2) is 15.9. The van der Waals surface area contributed by atoms with Crippen molar-refractivity contribution in [3.63, 3.8) is 0 Å². The Hall–Kier alpha value is -3.17. The van der Waals surface area contributed by atoms with E-state index in [2.05, 4.69) is 16.7 Å². The molecule has 2 N–H and O–H groups in total. The Labute approximate surface area is 281 Å². The van der Waals surface area contributed by atoms with Crippen molar-refractivity contribution >= 4 is 47.4 Å². The van der Waals surface area contributed by atoms with Gasteiger partial charge in [0.1, 0.15) is 24.7 Å². The fraction of sp³-hybridized carbons (Fsp3) is 0.412. The Balaban J connectivity index is 0.00000461. The average Bonchev–Trinajstić information content (AvgIpc) is 3.85. The maximum atomic E-state index is 14.0. The minimum atomic E-state index is -0.350. The third-order valence-electron chi connectivity index (χ3n) is 8.20. The molecule has 45 heavy (non-hydrogen) atoms. The van der Waals surface area contributed by atoms with Crippen LogP contribution in [0.3, 0.4) is 0 Å². The first-order valence-corrected chi connectivity index (χ1v) is 15.8. The summed E-state index contributed by atoms with van der Waals surface area (Å²) in [5.41, 5.74) is 3.57. The summed E-state index contributed by atoms with van der Waals surface area (Å²) in [5, 5.41) is 7.41. The maximum Gasteiger partial charge on any atom is 0.251 e. The molecule has 0 aromatic heterocycles. The number of carbonyl (C=O) groups is 2. The molecular weight excluding hydrogens is 637 g/mol. The minimum absolute atomic E-state index is 0. The highest BCUT2D eigenvalue weighted by Gasteiger charge is 2.40. The van der Waals surface area contributed by atoms with Gasteiger partial charge in [-0.3, -0.25) is 9.59 Å². The van der Waals surface area contributed by atoms with Crippen molar-refractivity contribution < 1.29 is 23.8 Å². The van der Waals surface area contributed by atoms with Crippen molar-refractivity contribution in [1.29, 1.82) is 0 Å². The molecule has 2 atom stereocenters. The molecule has 1 unspecified atom stereocenters. The van der Waals surface area contributed by atoms with Gasteiger partial charge in [-0.1, -0.05) is 35.3 Å². The van der Waals surface area contributed by atoms with Crippen LogP contribution in [0.4, 0.5) is 0 Å². The standard InChI is InChI=1S/C34H39Cl2N3O5.ClH/c1-21-17-28(35)32(29(36)18-21)44-16-15-43-26-11-7-23(8-12-26)33(40)38-30-13-14-37-19-27(30)34(41)39(25-9-10-25)20-24-5-4-6-31(42-3)22(24)2;/h4-8,11-12,17-18,25,27,30,37H,9-10,13-16,19-20H2,1-3H3,(H,38,40);1H/t27?,30-;/m0./s1. The number of amides is 2. The monoisotopic (exact) mass is 675 g/mol. The highest BCUT2D eigenvalue weighted by molar-refractivity contribution is 6.37. The van der Waals surface area contributed by atoms with E-state index in [4.69, 9.17) is 37.4 Å². The molecule has 3 aromatic carbocycles. The average molecular weight is 677 g/mol. The van der Waals surface area contributed by atoms with Gasteiger partial charge < -0.3 is 29.7 Å². The van der Waals surface area contributed by atoms with E-state index in [0.717, 1.165) is 41.8 Å². The number of nitrogens with zero attached hydrogens (tertiary/aromatic N) is 1. The van der Waals surface area contributed by atoms with Crippen LogP contribution in [0.25, 0.3) is 0 Å². The Kier molecular flexibility index (Phi) is 12.3. The summed E-state index contributed by atoms with van der Waals surface area (Å²) in [6.07, 6.45) is 2.68. The number of piperidine rings is 1. The summed E-state index contributed by atoms with van der Waals surface area (Å²) in [5.74, 6) is 1.37. The topological polar surface area (TPSA) is 89.1 Å². The van der Waals surface area contributed by atoms with Gasteiger partial charge in [0.15, 0.2) is 5.75 Å². The van der Waals surface area contributed by atoms with Crippen LogP contribution in [0.15, 0.2) is 54.6 Å². The van der Waals surface area contributed by atoms with E-state index < -0.39 is 0 Å². The molecule has 0 radical (unpaired) electrons. The summed E-state index contributed by atoms with van der Waals surface area (Å²) >= 11 is 12.5. The largest absolute Gasteiger partial charge is 0.496 e.